The minimum atomic E-state index is -1.72. The van der Waals surface area contributed by atoms with E-state index in [1.807, 2.05) is 0 Å². The average Bonchev–Trinajstić information content (AvgIpc) is 1.60. The Hall–Kier alpha value is -0.0462. The summed E-state index contributed by atoms with van der Waals surface area (Å²) in [5, 5.41) is 0. The molecule has 0 aliphatic heterocycles. The zero-order valence-corrected chi connectivity index (χ0v) is 9.49. The van der Waals surface area contributed by atoms with Gasteiger partial charge in [0.1, 0.15) is 0 Å². The van der Waals surface area contributed by atoms with Gasteiger partial charge in [0.15, 0.2) is 8.32 Å². The molecule has 0 saturated carbocycles. The Morgan fingerprint density at radius 3 is 1.60 bits per heavy atom. The van der Waals surface area contributed by atoms with Crippen molar-refractivity contribution in [2.45, 2.75) is 32.7 Å². The molecule has 0 radical (unpaired) electrons. The maximum absolute atomic E-state index is 5.82. The minimum Gasteiger partial charge on any atom is -0.447 e. The lowest BCUT2D eigenvalue weighted by Crippen LogP contribution is -2.41. The van der Waals surface area contributed by atoms with E-state index in [1.165, 1.54) is 0 Å². The van der Waals surface area contributed by atoms with Crippen molar-refractivity contribution in [1.29, 1.82) is 0 Å². The van der Waals surface area contributed by atoms with Crippen molar-refractivity contribution >= 4 is 16.6 Å². The van der Waals surface area contributed by atoms with Crippen LogP contribution < -0.4 is 0 Å². The van der Waals surface area contributed by atoms with E-state index in [4.69, 9.17) is 10.5 Å². The highest BCUT2D eigenvalue weighted by Crippen LogP contribution is 2.12. The molecule has 0 rings (SSSR count). The summed E-state index contributed by atoms with van der Waals surface area (Å²) in [5.74, 6) is 0. The van der Waals surface area contributed by atoms with Crippen LogP contribution in [0.15, 0.2) is 0 Å². The second-order valence-electron chi connectivity index (χ2n) is 3.87. The van der Waals surface area contributed by atoms with Gasteiger partial charge in [0.25, 0.3) is 8.32 Å². The Kier molecular flexibility index (Phi) is 2.90. The van der Waals surface area contributed by atoms with Gasteiger partial charge in [0.2, 0.25) is 0 Å². The maximum atomic E-state index is 5.82. The quantitative estimate of drug-likeness (QED) is 0.458. The molecule has 0 fully saturated rings. The van der Waals surface area contributed by atoms with Crippen LogP contribution in [-0.2, 0) is 4.12 Å². The van der Waals surface area contributed by atoms with E-state index < -0.39 is 16.6 Å². The van der Waals surface area contributed by atoms with Gasteiger partial charge in [0.05, 0.1) is 0 Å². The van der Waals surface area contributed by atoms with Crippen LogP contribution in [0.1, 0.15) is 0 Å². The molecule has 0 atom stereocenters. The van der Waals surface area contributed by atoms with Crippen molar-refractivity contribution in [1.82, 2.24) is 0 Å². The molecule has 0 N–H and O–H groups in total. The van der Waals surface area contributed by atoms with E-state index in [-0.39, 0.29) is 0 Å². The molecule has 0 heterocycles. The Balaban J connectivity index is 4.05. The number of hydrogen-bond acceptors (Lipinski definition) is 1. The Bertz CT molecular complexity index is 150. The van der Waals surface area contributed by atoms with Crippen molar-refractivity contribution in [3.05, 3.63) is 0 Å². The largest absolute Gasteiger partial charge is 0.447 e. The molecule has 0 aromatic carbocycles. The first kappa shape index (κ1) is 9.95. The van der Waals surface area contributed by atoms with Crippen molar-refractivity contribution in [3.8, 4) is 12.0 Å². The van der Waals surface area contributed by atoms with Crippen LogP contribution >= 0.6 is 0 Å². The summed E-state index contributed by atoms with van der Waals surface area (Å²) in [6.07, 6.45) is 5.32. The topological polar surface area (TPSA) is 9.23 Å². The molecule has 0 saturated heterocycles. The lowest BCUT2D eigenvalue weighted by molar-refractivity contribution is 0.567. The van der Waals surface area contributed by atoms with Crippen LogP contribution in [0.3, 0.4) is 0 Å². The van der Waals surface area contributed by atoms with Crippen LogP contribution in [-0.4, -0.2) is 16.6 Å². The highest BCUT2D eigenvalue weighted by molar-refractivity contribution is 6.88. The van der Waals surface area contributed by atoms with Crippen molar-refractivity contribution in [2.24, 2.45) is 0 Å². The van der Waals surface area contributed by atoms with E-state index in [9.17, 15) is 0 Å². The minimum absolute atomic E-state index is 1.39. The fraction of sp³-hybridized carbons (Fsp3) is 0.714. The summed E-state index contributed by atoms with van der Waals surface area (Å²) >= 11 is 0. The summed E-state index contributed by atoms with van der Waals surface area (Å²) in [5.41, 5.74) is 2.75. The lowest BCUT2D eigenvalue weighted by atomic mass is 11.4. The molecular formula is C7H16OSi2. The zero-order valence-electron chi connectivity index (χ0n) is 7.49. The molecule has 0 aromatic rings. The van der Waals surface area contributed by atoms with Gasteiger partial charge in [-0.1, -0.05) is 0 Å². The van der Waals surface area contributed by atoms with E-state index in [2.05, 4.69) is 38.3 Å². The molecule has 0 amide bonds. The SMILES string of the molecule is C#C[Si](C)(C)O[Si](C)(C)C. The first-order valence-electron chi connectivity index (χ1n) is 3.45. The van der Waals surface area contributed by atoms with Gasteiger partial charge in [-0.15, -0.1) is 12.0 Å². The molecule has 10 heavy (non-hydrogen) atoms. The van der Waals surface area contributed by atoms with Gasteiger partial charge in [-0.05, 0) is 32.7 Å². The highest BCUT2D eigenvalue weighted by atomic mass is 28.4. The lowest BCUT2D eigenvalue weighted by Gasteiger charge is -2.26. The summed E-state index contributed by atoms with van der Waals surface area (Å²) in [6, 6.07) is 0. The molecule has 0 spiro atoms. The number of terminal acetylenes is 1. The van der Waals surface area contributed by atoms with Crippen LogP contribution in [0.25, 0.3) is 0 Å². The van der Waals surface area contributed by atoms with E-state index in [1.54, 1.807) is 0 Å². The fourth-order valence-corrected chi connectivity index (χ4v) is 7.15. The van der Waals surface area contributed by atoms with Gasteiger partial charge < -0.3 is 4.12 Å². The van der Waals surface area contributed by atoms with Gasteiger partial charge in [-0.3, -0.25) is 0 Å². The Morgan fingerprint density at radius 1 is 1.10 bits per heavy atom. The summed E-state index contributed by atoms with van der Waals surface area (Å²) < 4.78 is 5.82. The standard InChI is InChI=1S/C7H16OSi2/c1-7-10(5,6)8-9(2,3)4/h1H,2-6H3. The van der Waals surface area contributed by atoms with E-state index in [0.717, 1.165) is 0 Å². The monoisotopic (exact) mass is 172 g/mol. The molecular weight excluding hydrogens is 156 g/mol. The highest BCUT2D eigenvalue weighted by Gasteiger charge is 2.27. The number of rotatable bonds is 2. The first-order chi connectivity index (χ1) is 4.27. The van der Waals surface area contributed by atoms with Gasteiger partial charge in [0, 0.05) is 0 Å². The summed E-state index contributed by atoms with van der Waals surface area (Å²) in [7, 11) is -3.12. The van der Waals surface area contributed by atoms with Crippen molar-refractivity contribution in [2.75, 3.05) is 0 Å². The predicted octanol–water partition coefficient (Wildman–Crippen LogP) is 2.22. The van der Waals surface area contributed by atoms with Crippen molar-refractivity contribution in [3.63, 3.8) is 0 Å². The molecule has 0 aliphatic rings. The summed E-state index contributed by atoms with van der Waals surface area (Å²) in [6.45, 7) is 10.6. The molecule has 0 aromatic heterocycles. The molecule has 0 unspecified atom stereocenters. The smallest absolute Gasteiger partial charge is 0.255 e. The second kappa shape index (κ2) is 2.91. The predicted molar refractivity (Wildman–Crippen MR) is 50.7 cm³/mol. The third-order valence-corrected chi connectivity index (χ3v) is 6.09. The average molecular weight is 172 g/mol. The van der Waals surface area contributed by atoms with Gasteiger partial charge in [-0.2, -0.15) is 0 Å². The first-order valence-corrected chi connectivity index (χ1v) is 9.76. The van der Waals surface area contributed by atoms with E-state index in [0.29, 0.717) is 0 Å². The fourth-order valence-electron chi connectivity index (χ4n) is 0.795. The summed E-state index contributed by atoms with van der Waals surface area (Å²) in [4.78, 5) is 0. The van der Waals surface area contributed by atoms with Gasteiger partial charge in [-0.25, -0.2) is 0 Å². The van der Waals surface area contributed by atoms with E-state index >= 15 is 0 Å². The molecule has 0 aliphatic carbocycles. The number of hydrogen-bond donors (Lipinski definition) is 0. The van der Waals surface area contributed by atoms with Gasteiger partial charge >= 0.3 is 0 Å². The van der Waals surface area contributed by atoms with Crippen LogP contribution in [0, 0.1) is 12.0 Å². The maximum Gasteiger partial charge on any atom is 0.255 e. The normalized spacial score (nSPS) is 12.8. The van der Waals surface area contributed by atoms with Crippen LogP contribution in [0.2, 0.25) is 32.7 Å². The second-order valence-corrected chi connectivity index (χ2v) is 12.2. The van der Waals surface area contributed by atoms with Crippen LogP contribution in [0.4, 0.5) is 0 Å². The molecule has 3 heteroatoms. The Morgan fingerprint density at radius 2 is 1.50 bits per heavy atom. The third-order valence-electron chi connectivity index (χ3n) is 0.909. The third kappa shape index (κ3) is 4.80. The zero-order chi connectivity index (χ0) is 8.41. The molecule has 1 nitrogen and oxygen atoms in total. The molecule has 58 valence electrons. The van der Waals surface area contributed by atoms with Crippen LogP contribution in [0.5, 0.6) is 0 Å². The molecule has 0 bridgehead atoms. The van der Waals surface area contributed by atoms with Crippen molar-refractivity contribution < 1.29 is 4.12 Å². The Labute approximate surface area is 66.1 Å².